The van der Waals surface area contributed by atoms with Crippen molar-refractivity contribution in [1.29, 1.82) is 0 Å². The van der Waals surface area contributed by atoms with Crippen LogP contribution in [-0.4, -0.2) is 46.0 Å². The van der Waals surface area contributed by atoms with Crippen LogP contribution >= 0.6 is 0 Å². The number of hydrogen-bond donors (Lipinski definition) is 1. The molecule has 1 saturated carbocycles. The van der Waals surface area contributed by atoms with Crippen molar-refractivity contribution in [2.24, 2.45) is 5.92 Å². The molecule has 6 nitrogen and oxygen atoms in total. The third-order valence-corrected chi connectivity index (χ3v) is 7.59. The maximum Gasteiger partial charge on any atom is 0.243 e. The van der Waals surface area contributed by atoms with E-state index in [0.29, 0.717) is 18.8 Å². The van der Waals surface area contributed by atoms with Gasteiger partial charge in [-0.2, -0.15) is 4.31 Å². The number of halogens is 1. The number of sulfonamides is 2. The minimum Gasteiger partial charge on any atom is -0.213 e. The van der Waals surface area contributed by atoms with Gasteiger partial charge in [-0.3, -0.25) is 0 Å². The summed E-state index contributed by atoms with van der Waals surface area (Å²) >= 11 is 0. The Morgan fingerprint density at radius 1 is 1.20 bits per heavy atom. The molecule has 140 valence electrons. The maximum atomic E-state index is 13.4. The Balaban J connectivity index is 1.76. The number of piperidine rings is 1. The van der Waals surface area contributed by atoms with E-state index in [2.05, 4.69) is 4.72 Å². The summed E-state index contributed by atoms with van der Waals surface area (Å²) in [6.45, 7) is 0.433. The summed E-state index contributed by atoms with van der Waals surface area (Å²) in [5.41, 5.74) is -0.581. The van der Waals surface area contributed by atoms with Crippen LogP contribution in [0.1, 0.15) is 32.1 Å². The van der Waals surface area contributed by atoms with Crippen LogP contribution in [0.5, 0.6) is 0 Å². The number of benzene rings is 1. The lowest BCUT2D eigenvalue weighted by atomic mass is 9.84. The predicted octanol–water partition coefficient (Wildman–Crippen LogP) is 1.70. The molecule has 1 heterocycles. The molecular weight excluding hydrogens is 367 g/mol. The molecule has 0 spiro atoms. The summed E-state index contributed by atoms with van der Waals surface area (Å²) in [7, 11) is -7.15. The van der Waals surface area contributed by atoms with Crippen LogP contribution in [0.4, 0.5) is 4.39 Å². The van der Waals surface area contributed by atoms with Crippen LogP contribution < -0.4 is 4.72 Å². The average Bonchev–Trinajstić information content (AvgIpc) is 3.29. The van der Waals surface area contributed by atoms with Crippen molar-refractivity contribution < 1.29 is 21.2 Å². The molecule has 0 aromatic heterocycles. The minimum atomic E-state index is -3.78. The van der Waals surface area contributed by atoms with Crippen LogP contribution in [0, 0.1) is 11.7 Å². The summed E-state index contributed by atoms with van der Waals surface area (Å²) in [6.07, 6.45) is 4.92. The van der Waals surface area contributed by atoms with Gasteiger partial charge < -0.3 is 0 Å². The molecule has 0 unspecified atom stereocenters. The van der Waals surface area contributed by atoms with Crippen molar-refractivity contribution in [3.63, 3.8) is 0 Å². The van der Waals surface area contributed by atoms with Gasteiger partial charge in [-0.05, 0) is 43.4 Å². The maximum absolute atomic E-state index is 13.4. The first-order valence-electron chi connectivity index (χ1n) is 8.34. The second kappa shape index (κ2) is 6.61. The minimum absolute atomic E-state index is 0.0711. The summed E-state index contributed by atoms with van der Waals surface area (Å²) in [6, 6.07) is 4.95. The van der Waals surface area contributed by atoms with E-state index in [1.807, 2.05) is 0 Å². The molecule has 3 rings (SSSR count). The molecule has 0 amide bonds. The van der Waals surface area contributed by atoms with E-state index < -0.39 is 31.4 Å². The van der Waals surface area contributed by atoms with E-state index in [4.69, 9.17) is 0 Å². The molecule has 1 aliphatic carbocycles. The molecule has 25 heavy (non-hydrogen) atoms. The molecule has 1 aromatic carbocycles. The van der Waals surface area contributed by atoms with Crippen molar-refractivity contribution in [2.45, 2.75) is 42.5 Å². The Morgan fingerprint density at radius 2 is 1.84 bits per heavy atom. The molecule has 1 aromatic rings. The third-order valence-electron chi connectivity index (χ3n) is 4.89. The SMILES string of the molecule is CS(=O)(=O)NC1(CC2CC2)CCN(S(=O)(=O)c2cccc(F)c2)CC1. The molecular formula is C16H23FN2O4S2. The van der Waals surface area contributed by atoms with Crippen molar-refractivity contribution in [3.05, 3.63) is 30.1 Å². The molecule has 0 radical (unpaired) electrons. The van der Waals surface area contributed by atoms with E-state index in [1.165, 1.54) is 22.5 Å². The van der Waals surface area contributed by atoms with Crippen LogP contribution in [0.3, 0.4) is 0 Å². The fourth-order valence-electron chi connectivity index (χ4n) is 3.55. The second-order valence-corrected chi connectivity index (χ2v) is 10.8. The number of nitrogens with one attached hydrogen (secondary N) is 1. The van der Waals surface area contributed by atoms with Gasteiger partial charge in [0.05, 0.1) is 11.2 Å². The average molecular weight is 391 g/mol. The highest BCUT2D eigenvalue weighted by Crippen LogP contribution is 2.41. The van der Waals surface area contributed by atoms with Gasteiger partial charge >= 0.3 is 0 Å². The standard InChI is InChI=1S/C16H23FN2O4S2/c1-24(20,21)18-16(12-13-5-6-13)7-9-19(10-8-16)25(22,23)15-4-2-3-14(17)11-15/h2-4,11,13,18H,5-10,12H2,1H3. The van der Waals surface area contributed by atoms with E-state index >= 15 is 0 Å². The first-order chi connectivity index (χ1) is 11.6. The normalized spacial score (nSPS) is 22.0. The zero-order chi connectivity index (χ0) is 18.3. The van der Waals surface area contributed by atoms with Crippen LogP contribution in [-0.2, 0) is 20.0 Å². The quantitative estimate of drug-likeness (QED) is 0.801. The molecule has 2 fully saturated rings. The van der Waals surface area contributed by atoms with Crippen LogP contribution in [0.2, 0.25) is 0 Å². The van der Waals surface area contributed by atoms with Crippen molar-refractivity contribution >= 4 is 20.0 Å². The fraction of sp³-hybridized carbons (Fsp3) is 0.625. The summed E-state index contributed by atoms with van der Waals surface area (Å²) in [5, 5.41) is 0. The Labute approximate surface area is 148 Å². The van der Waals surface area contributed by atoms with Gasteiger partial charge in [0.2, 0.25) is 20.0 Å². The zero-order valence-corrected chi connectivity index (χ0v) is 15.7. The topological polar surface area (TPSA) is 83.6 Å². The van der Waals surface area contributed by atoms with Gasteiger partial charge in [0.1, 0.15) is 5.82 Å². The zero-order valence-electron chi connectivity index (χ0n) is 14.1. The summed E-state index contributed by atoms with van der Waals surface area (Å²) < 4.78 is 66.3. The fourth-order valence-corrected chi connectivity index (χ4v) is 6.09. The number of nitrogens with zero attached hydrogens (tertiary/aromatic N) is 1. The van der Waals surface area contributed by atoms with Crippen molar-refractivity contribution in [2.75, 3.05) is 19.3 Å². The monoisotopic (exact) mass is 390 g/mol. The van der Waals surface area contributed by atoms with Crippen LogP contribution in [0.15, 0.2) is 29.2 Å². The first-order valence-corrected chi connectivity index (χ1v) is 11.7. The van der Waals surface area contributed by atoms with Crippen molar-refractivity contribution in [3.8, 4) is 0 Å². The van der Waals surface area contributed by atoms with Gasteiger partial charge in [0, 0.05) is 18.6 Å². The Bertz CT molecular complexity index is 843. The van der Waals surface area contributed by atoms with Gasteiger partial charge in [0.15, 0.2) is 0 Å². The third kappa shape index (κ3) is 4.58. The summed E-state index contributed by atoms with van der Waals surface area (Å²) in [4.78, 5) is -0.0711. The molecule has 0 bridgehead atoms. The smallest absolute Gasteiger partial charge is 0.213 e. The lowest BCUT2D eigenvalue weighted by Gasteiger charge is -2.41. The molecule has 0 atom stereocenters. The number of rotatable bonds is 6. The van der Waals surface area contributed by atoms with E-state index in [-0.39, 0.29) is 18.0 Å². The van der Waals surface area contributed by atoms with Gasteiger partial charge in [-0.15, -0.1) is 0 Å². The Hall–Kier alpha value is -1.03. The molecule has 1 N–H and O–H groups in total. The van der Waals surface area contributed by atoms with E-state index in [9.17, 15) is 21.2 Å². The van der Waals surface area contributed by atoms with E-state index in [0.717, 1.165) is 31.6 Å². The predicted molar refractivity (Wildman–Crippen MR) is 92.4 cm³/mol. The number of hydrogen-bond acceptors (Lipinski definition) is 4. The lowest BCUT2D eigenvalue weighted by Crippen LogP contribution is -2.56. The largest absolute Gasteiger partial charge is 0.243 e. The lowest BCUT2D eigenvalue weighted by molar-refractivity contribution is 0.199. The Kier molecular flexibility index (Phi) is 4.95. The highest BCUT2D eigenvalue weighted by Gasteiger charge is 2.43. The van der Waals surface area contributed by atoms with Gasteiger partial charge in [-0.1, -0.05) is 18.9 Å². The van der Waals surface area contributed by atoms with Crippen molar-refractivity contribution in [1.82, 2.24) is 9.03 Å². The summed E-state index contributed by atoms with van der Waals surface area (Å²) in [5.74, 6) is -0.0828. The second-order valence-electron chi connectivity index (χ2n) is 7.16. The first kappa shape index (κ1) is 18.8. The molecule has 2 aliphatic rings. The van der Waals surface area contributed by atoms with Gasteiger partial charge in [0.25, 0.3) is 0 Å². The van der Waals surface area contributed by atoms with Gasteiger partial charge in [-0.25, -0.2) is 25.9 Å². The highest BCUT2D eigenvalue weighted by atomic mass is 32.2. The molecule has 1 saturated heterocycles. The molecule has 1 aliphatic heterocycles. The van der Waals surface area contributed by atoms with Crippen LogP contribution in [0.25, 0.3) is 0 Å². The highest BCUT2D eigenvalue weighted by molar-refractivity contribution is 7.89. The van der Waals surface area contributed by atoms with E-state index in [1.54, 1.807) is 0 Å². The Morgan fingerprint density at radius 3 is 2.36 bits per heavy atom. The molecule has 9 heteroatoms.